The molecular weight excluding hydrogens is 763 g/mol. The molecule has 0 unspecified atom stereocenters. The monoisotopic (exact) mass is 799 g/mol. The van der Waals surface area contributed by atoms with Crippen molar-refractivity contribution >= 4 is 92.4 Å². The minimum absolute atomic E-state index is 0.164. The summed E-state index contributed by atoms with van der Waals surface area (Å²) < 4.78 is 16.6. The van der Waals surface area contributed by atoms with Crippen LogP contribution in [0.25, 0.3) is 97.4 Å². The van der Waals surface area contributed by atoms with Gasteiger partial charge in [-0.15, -0.1) is 11.3 Å². The van der Waals surface area contributed by atoms with E-state index in [1.165, 1.54) is 48.0 Å². The molecule has 0 fully saturated rings. The van der Waals surface area contributed by atoms with Crippen molar-refractivity contribution in [1.82, 2.24) is 0 Å². The summed E-state index contributed by atoms with van der Waals surface area (Å²) in [5, 5.41) is 6.71. The van der Waals surface area contributed by atoms with E-state index < -0.39 is 0 Å². The number of fused-ring (bicyclic) bond motifs is 12. The Hall–Kier alpha value is -7.40. The Bertz CT molecular complexity index is 3750. The van der Waals surface area contributed by atoms with Crippen LogP contribution < -0.4 is 4.90 Å². The molecule has 0 saturated heterocycles. The molecule has 9 aromatic carbocycles. The molecule has 1 aliphatic carbocycles. The number of nitrogens with zero attached hydrogens (tertiary/aromatic N) is 1. The van der Waals surface area contributed by atoms with E-state index in [1.807, 2.05) is 17.4 Å². The standard InChI is InChI=1S/C57H37NO2S/c1-57(2)45-24-9-6-19-38(45)39-30-29-37(32-46(39)57)58(48-26-14-23-42-40-20-8-11-28-51(40)61-56(42)48)47-25-13-22-41-44-33-50-53(43-21-7-10-27-49(43)59-50)52(55(44)60-54(41)47)36-18-12-17-35(31-36)34-15-4-3-5-16-34/h3-33H,1-2H3. The van der Waals surface area contributed by atoms with Crippen molar-refractivity contribution in [3.8, 4) is 33.4 Å². The van der Waals surface area contributed by atoms with Crippen molar-refractivity contribution in [2.75, 3.05) is 4.90 Å². The predicted octanol–water partition coefficient (Wildman–Crippen LogP) is 17.0. The Kier molecular flexibility index (Phi) is 7.23. The fraction of sp³-hybridized carbons (Fsp3) is 0.0526. The van der Waals surface area contributed by atoms with Crippen LogP contribution in [0.2, 0.25) is 0 Å². The summed E-state index contributed by atoms with van der Waals surface area (Å²) >= 11 is 1.85. The smallest absolute Gasteiger partial charge is 0.159 e. The van der Waals surface area contributed by atoms with Crippen LogP contribution in [0.15, 0.2) is 197 Å². The molecule has 0 radical (unpaired) electrons. The number of rotatable bonds is 5. The van der Waals surface area contributed by atoms with Crippen LogP contribution in [0, 0.1) is 0 Å². The van der Waals surface area contributed by atoms with E-state index in [2.05, 4.69) is 201 Å². The number of thiophene rings is 1. The van der Waals surface area contributed by atoms with E-state index in [-0.39, 0.29) is 5.41 Å². The molecular formula is C57H37NO2S. The van der Waals surface area contributed by atoms with Gasteiger partial charge in [0.2, 0.25) is 0 Å². The summed E-state index contributed by atoms with van der Waals surface area (Å²) in [6.07, 6.45) is 0. The maximum Gasteiger partial charge on any atom is 0.159 e. The van der Waals surface area contributed by atoms with Crippen LogP contribution in [0.3, 0.4) is 0 Å². The highest BCUT2D eigenvalue weighted by atomic mass is 32.1. The lowest BCUT2D eigenvalue weighted by atomic mass is 9.82. The van der Waals surface area contributed by atoms with Gasteiger partial charge in [-0.2, -0.15) is 0 Å². The maximum atomic E-state index is 7.44. The van der Waals surface area contributed by atoms with E-state index in [0.29, 0.717) is 0 Å². The maximum absolute atomic E-state index is 7.44. The molecule has 12 aromatic rings. The van der Waals surface area contributed by atoms with Gasteiger partial charge < -0.3 is 13.7 Å². The molecule has 0 atom stereocenters. The largest absolute Gasteiger partial charge is 0.456 e. The van der Waals surface area contributed by atoms with Crippen LogP contribution >= 0.6 is 11.3 Å². The molecule has 0 N–H and O–H groups in total. The van der Waals surface area contributed by atoms with Crippen LogP contribution in [0.1, 0.15) is 25.0 Å². The molecule has 0 amide bonds. The van der Waals surface area contributed by atoms with Gasteiger partial charge in [0.15, 0.2) is 5.58 Å². The van der Waals surface area contributed by atoms with Gasteiger partial charge in [0.25, 0.3) is 0 Å². The normalized spacial score (nSPS) is 13.2. The SMILES string of the molecule is CC1(C)c2ccccc2-c2ccc(N(c3cccc4c3oc3c(-c5cccc(-c6ccccc6)c5)c5c(cc34)oc3ccccc35)c3cccc4c3sc3ccccc34)cc21. The van der Waals surface area contributed by atoms with E-state index in [0.717, 1.165) is 77.6 Å². The van der Waals surface area contributed by atoms with Crippen molar-refractivity contribution < 1.29 is 8.83 Å². The van der Waals surface area contributed by atoms with Crippen molar-refractivity contribution in [3.63, 3.8) is 0 Å². The molecule has 3 aromatic heterocycles. The van der Waals surface area contributed by atoms with E-state index in [9.17, 15) is 0 Å². The van der Waals surface area contributed by atoms with Crippen LogP contribution in [-0.4, -0.2) is 0 Å². The van der Waals surface area contributed by atoms with Crippen LogP contribution in [-0.2, 0) is 5.41 Å². The van der Waals surface area contributed by atoms with Gasteiger partial charge in [0.1, 0.15) is 16.7 Å². The highest BCUT2D eigenvalue weighted by Crippen LogP contribution is 2.54. The zero-order valence-corrected chi connectivity index (χ0v) is 34.4. The quantitative estimate of drug-likeness (QED) is 0.174. The Labute approximate surface area is 356 Å². The Balaban J connectivity index is 1.11. The number of benzene rings is 9. The van der Waals surface area contributed by atoms with Gasteiger partial charge in [-0.25, -0.2) is 0 Å². The Morgan fingerprint density at radius 3 is 2.03 bits per heavy atom. The minimum Gasteiger partial charge on any atom is -0.456 e. The number of hydrogen-bond acceptors (Lipinski definition) is 4. The topological polar surface area (TPSA) is 29.5 Å². The summed E-state index contributed by atoms with van der Waals surface area (Å²) in [6.45, 7) is 4.71. The fourth-order valence-corrected chi connectivity index (χ4v) is 11.4. The van der Waals surface area contributed by atoms with Gasteiger partial charge in [-0.3, -0.25) is 0 Å². The average molecular weight is 800 g/mol. The van der Waals surface area contributed by atoms with Crippen molar-refractivity contribution in [3.05, 3.63) is 199 Å². The summed E-state index contributed by atoms with van der Waals surface area (Å²) in [5.74, 6) is 0. The van der Waals surface area contributed by atoms with Gasteiger partial charge in [0, 0.05) is 53.7 Å². The van der Waals surface area contributed by atoms with Crippen molar-refractivity contribution in [1.29, 1.82) is 0 Å². The number of hydrogen-bond donors (Lipinski definition) is 0. The van der Waals surface area contributed by atoms with Gasteiger partial charge in [0.05, 0.1) is 16.1 Å². The molecule has 1 aliphatic rings. The molecule has 61 heavy (non-hydrogen) atoms. The molecule has 288 valence electrons. The highest BCUT2D eigenvalue weighted by molar-refractivity contribution is 7.26. The first-order valence-electron chi connectivity index (χ1n) is 20.9. The first-order chi connectivity index (χ1) is 30.0. The zero-order valence-electron chi connectivity index (χ0n) is 33.6. The lowest BCUT2D eigenvalue weighted by molar-refractivity contribution is 0.660. The Morgan fingerprint density at radius 2 is 1.13 bits per heavy atom. The van der Waals surface area contributed by atoms with E-state index in [1.54, 1.807) is 0 Å². The second-order valence-corrected chi connectivity index (χ2v) is 17.8. The number of anilines is 3. The Morgan fingerprint density at radius 1 is 0.443 bits per heavy atom. The van der Waals surface area contributed by atoms with Crippen LogP contribution in [0.4, 0.5) is 17.1 Å². The van der Waals surface area contributed by atoms with Gasteiger partial charge in [-0.05, 0) is 87.5 Å². The summed E-state index contributed by atoms with van der Waals surface area (Å²) in [7, 11) is 0. The third kappa shape index (κ3) is 4.97. The lowest BCUT2D eigenvalue weighted by Crippen LogP contribution is -2.16. The molecule has 4 heteroatoms. The average Bonchev–Trinajstić information content (AvgIpc) is 4.05. The van der Waals surface area contributed by atoms with E-state index in [4.69, 9.17) is 8.83 Å². The second kappa shape index (κ2) is 12.8. The summed E-state index contributed by atoms with van der Waals surface area (Å²) in [4.78, 5) is 2.44. The molecule has 0 saturated carbocycles. The highest BCUT2D eigenvalue weighted by Gasteiger charge is 2.36. The molecule has 13 rings (SSSR count). The van der Waals surface area contributed by atoms with Crippen LogP contribution in [0.5, 0.6) is 0 Å². The predicted molar refractivity (Wildman–Crippen MR) is 257 cm³/mol. The van der Waals surface area contributed by atoms with E-state index >= 15 is 0 Å². The molecule has 3 heterocycles. The molecule has 0 aliphatic heterocycles. The third-order valence-corrected chi connectivity index (χ3v) is 14.3. The molecule has 0 spiro atoms. The first kappa shape index (κ1) is 34.5. The number of furan rings is 2. The van der Waals surface area contributed by atoms with Gasteiger partial charge in [-0.1, -0.05) is 153 Å². The van der Waals surface area contributed by atoms with Gasteiger partial charge >= 0.3 is 0 Å². The fourth-order valence-electron chi connectivity index (χ4n) is 10.2. The summed E-state index contributed by atoms with van der Waals surface area (Å²) in [6, 6.07) is 67.9. The lowest BCUT2D eigenvalue weighted by Gasteiger charge is -2.28. The van der Waals surface area contributed by atoms with Crippen molar-refractivity contribution in [2.24, 2.45) is 0 Å². The van der Waals surface area contributed by atoms with Crippen molar-refractivity contribution in [2.45, 2.75) is 19.3 Å². The third-order valence-electron chi connectivity index (χ3n) is 13.1. The minimum atomic E-state index is -0.164. The second-order valence-electron chi connectivity index (χ2n) is 16.8. The summed E-state index contributed by atoms with van der Waals surface area (Å²) in [5.41, 5.74) is 16.1. The zero-order chi connectivity index (χ0) is 40.4. The molecule has 3 nitrogen and oxygen atoms in total. The first-order valence-corrected chi connectivity index (χ1v) is 21.7. The molecule has 0 bridgehead atoms. The number of para-hydroxylation sites is 2.